The number of benzene rings is 1. The average molecular weight is 383 g/mol. The predicted molar refractivity (Wildman–Crippen MR) is 106 cm³/mol. The van der Waals surface area contributed by atoms with Gasteiger partial charge >= 0.3 is 0 Å². The Balaban J connectivity index is 1.29. The summed E-state index contributed by atoms with van der Waals surface area (Å²) in [6.07, 6.45) is 5.74. The number of hydrogen-bond donors (Lipinski definition) is 0. The Morgan fingerprint density at radius 3 is 2.86 bits per heavy atom. The van der Waals surface area contributed by atoms with Crippen molar-refractivity contribution in [1.29, 1.82) is 0 Å². The molecule has 0 atom stereocenters. The smallest absolute Gasteiger partial charge is 0.275 e. The van der Waals surface area contributed by atoms with E-state index in [1.807, 2.05) is 7.05 Å². The van der Waals surface area contributed by atoms with E-state index in [1.165, 1.54) is 17.4 Å². The molecule has 1 aromatic heterocycles. The maximum absolute atomic E-state index is 12.7. The Labute approximate surface area is 166 Å². The van der Waals surface area contributed by atoms with E-state index < -0.39 is 0 Å². The van der Waals surface area contributed by atoms with Gasteiger partial charge in [-0.1, -0.05) is 24.3 Å². The number of aromatic nitrogens is 1. The first kappa shape index (κ1) is 19.2. The second-order valence-electron chi connectivity index (χ2n) is 7.93. The molecule has 1 saturated heterocycles. The molecule has 1 amide bonds. The fourth-order valence-electron chi connectivity index (χ4n) is 4.07. The summed E-state index contributed by atoms with van der Waals surface area (Å²) in [6, 6.07) is 8.56. The summed E-state index contributed by atoms with van der Waals surface area (Å²) in [5, 5.41) is 0. The van der Waals surface area contributed by atoms with Crippen LogP contribution in [-0.4, -0.2) is 54.0 Å². The molecule has 2 aliphatic heterocycles. The monoisotopic (exact) mass is 383 g/mol. The molecule has 2 aliphatic rings. The number of carbonyl (C=O) groups is 1. The van der Waals surface area contributed by atoms with Crippen LogP contribution in [0.4, 0.5) is 0 Å². The van der Waals surface area contributed by atoms with Gasteiger partial charge in [-0.25, -0.2) is 4.98 Å². The van der Waals surface area contributed by atoms with Crippen LogP contribution in [0.15, 0.2) is 34.9 Å². The third-order valence-corrected chi connectivity index (χ3v) is 5.90. The lowest BCUT2D eigenvalue weighted by Crippen LogP contribution is -2.31. The Kier molecular flexibility index (Phi) is 6.07. The summed E-state index contributed by atoms with van der Waals surface area (Å²) in [5.74, 6) is 1.20. The Bertz CT molecular complexity index is 798. The van der Waals surface area contributed by atoms with Gasteiger partial charge in [-0.15, -0.1) is 0 Å². The fourth-order valence-corrected chi connectivity index (χ4v) is 4.07. The van der Waals surface area contributed by atoms with Gasteiger partial charge in [0.25, 0.3) is 5.91 Å². The van der Waals surface area contributed by atoms with Crippen molar-refractivity contribution in [2.75, 3.05) is 33.4 Å². The first-order chi connectivity index (χ1) is 13.7. The molecule has 0 N–H and O–H groups in total. The third-order valence-electron chi connectivity index (χ3n) is 5.90. The zero-order valence-electron chi connectivity index (χ0n) is 16.6. The highest BCUT2D eigenvalue weighted by atomic mass is 16.5. The second-order valence-corrected chi connectivity index (χ2v) is 7.93. The normalized spacial score (nSPS) is 18.0. The Morgan fingerprint density at radius 1 is 1.25 bits per heavy atom. The van der Waals surface area contributed by atoms with Crippen LogP contribution in [-0.2, 0) is 24.2 Å². The van der Waals surface area contributed by atoms with Crippen LogP contribution < -0.4 is 0 Å². The van der Waals surface area contributed by atoms with Gasteiger partial charge in [0.05, 0.1) is 6.54 Å². The second kappa shape index (κ2) is 8.88. The van der Waals surface area contributed by atoms with Crippen LogP contribution in [0.3, 0.4) is 0 Å². The van der Waals surface area contributed by atoms with E-state index in [4.69, 9.17) is 9.15 Å². The van der Waals surface area contributed by atoms with Crippen molar-refractivity contribution in [3.63, 3.8) is 0 Å². The van der Waals surface area contributed by atoms with Gasteiger partial charge in [0.15, 0.2) is 5.69 Å². The van der Waals surface area contributed by atoms with E-state index in [-0.39, 0.29) is 5.91 Å². The molecule has 0 saturated carbocycles. The molecule has 3 heterocycles. The zero-order valence-corrected chi connectivity index (χ0v) is 16.6. The number of oxazole rings is 1. The number of hydrogen-bond acceptors (Lipinski definition) is 5. The topological polar surface area (TPSA) is 58.8 Å². The van der Waals surface area contributed by atoms with E-state index in [0.29, 0.717) is 24.0 Å². The van der Waals surface area contributed by atoms with Crippen LogP contribution in [0, 0.1) is 5.92 Å². The van der Waals surface area contributed by atoms with Crippen LogP contribution in [0.5, 0.6) is 0 Å². The Morgan fingerprint density at radius 2 is 2.04 bits per heavy atom. The minimum Gasteiger partial charge on any atom is -0.447 e. The van der Waals surface area contributed by atoms with E-state index in [9.17, 15) is 4.79 Å². The van der Waals surface area contributed by atoms with Crippen molar-refractivity contribution >= 4 is 5.91 Å². The SMILES string of the molecule is CN(CCC1CCOCC1)C(=O)c1coc(CN2CCc3ccccc3C2)n1. The van der Waals surface area contributed by atoms with Crippen LogP contribution in [0.1, 0.15) is 46.8 Å². The molecule has 0 unspecified atom stereocenters. The highest BCUT2D eigenvalue weighted by molar-refractivity contribution is 5.91. The quantitative estimate of drug-likeness (QED) is 0.767. The zero-order chi connectivity index (χ0) is 19.3. The molecular weight excluding hydrogens is 354 g/mol. The molecule has 0 radical (unpaired) electrons. The lowest BCUT2D eigenvalue weighted by atomic mass is 9.96. The highest BCUT2D eigenvalue weighted by Crippen LogP contribution is 2.21. The van der Waals surface area contributed by atoms with Crippen molar-refractivity contribution in [2.45, 2.75) is 38.8 Å². The van der Waals surface area contributed by atoms with E-state index in [1.54, 1.807) is 4.90 Å². The number of ether oxygens (including phenoxy) is 1. The van der Waals surface area contributed by atoms with Gasteiger partial charge in [0, 0.05) is 39.9 Å². The maximum Gasteiger partial charge on any atom is 0.275 e. The summed E-state index contributed by atoms with van der Waals surface area (Å²) < 4.78 is 11.0. The van der Waals surface area contributed by atoms with Crippen molar-refractivity contribution in [1.82, 2.24) is 14.8 Å². The summed E-state index contributed by atoms with van der Waals surface area (Å²) in [4.78, 5) is 21.2. The summed E-state index contributed by atoms with van der Waals surface area (Å²) in [5.41, 5.74) is 3.19. The minimum absolute atomic E-state index is 0.0638. The van der Waals surface area contributed by atoms with E-state index in [0.717, 1.165) is 58.5 Å². The van der Waals surface area contributed by atoms with Gasteiger partial charge in [-0.3, -0.25) is 9.69 Å². The molecule has 0 aliphatic carbocycles. The lowest BCUT2D eigenvalue weighted by molar-refractivity contribution is 0.0582. The van der Waals surface area contributed by atoms with Crippen molar-refractivity contribution < 1.29 is 13.9 Å². The fraction of sp³-hybridized carbons (Fsp3) is 0.545. The van der Waals surface area contributed by atoms with Gasteiger partial charge in [0.1, 0.15) is 6.26 Å². The van der Waals surface area contributed by atoms with Crippen molar-refractivity contribution in [2.24, 2.45) is 5.92 Å². The van der Waals surface area contributed by atoms with Gasteiger partial charge in [-0.05, 0) is 42.7 Å². The minimum atomic E-state index is -0.0638. The predicted octanol–water partition coefficient (Wildman–Crippen LogP) is 3.12. The lowest BCUT2D eigenvalue weighted by Gasteiger charge is -2.27. The molecule has 0 bridgehead atoms. The molecular formula is C22H29N3O3. The summed E-state index contributed by atoms with van der Waals surface area (Å²) in [6.45, 7) is 4.94. The third kappa shape index (κ3) is 4.62. The van der Waals surface area contributed by atoms with Crippen molar-refractivity contribution in [3.05, 3.63) is 53.2 Å². The highest BCUT2D eigenvalue weighted by Gasteiger charge is 2.21. The maximum atomic E-state index is 12.7. The average Bonchev–Trinajstić information content (AvgIpc) is 3.20. The number of fused-ring (bicyclic) bond motifs is 1. The molecule has 28 heavy (non-hydrogen) atoms. The van der Waals surface area contributed by atoms with Gasteiger partial charge < -0.3 is 14.1 Å². The number of rotatable bonds is 6. The van der Waals surface area contributed by atoms with E-state index in [2.05, 4.69) is 34.1 Å². The summed E-state index contributed by atoms with van der Waals surface area (Å²) >= 11 is 0. The Hall–Kier alpha value is -2.18. The first-order valence-electron chi connectivity index (χ1n) is 10.3. The number of nitrogens with zero attached hydrogens (tertiary/aromatic N) is 3. The van der Waals surface area contributed by atoms with Crippen LogP contribution >= 0.6 is 0 Å². The molecule has 6 heteroatoms. The first-order valence-corrected chi connectivity index (χ1v) is 10.3. The van der Waals surface area contributed by atoms with Crippen LogP contribution in [0.25, 0.3) is 0 Å². The van der Waals surface area contributed by atoms with E-state index >= 15 is 0 Å². The summed E-state index contributed by atoms with van der Waals surface area (Å²) in [7, 11) is 1.84. The largest absolute Gasteiger partial charge is 0.447 e. The van der Waals surface area contributed by atoms with Gasteiger partial charge in [-0.2, -0.15) is 0 Å². The van der Waals surface area contributed by atoms with Gasteiger partial charge in [0.2, 0.25) is 5.89 Å². The number of amides is 1. The standard InChI is InChI=1S/C22H29N3O3/c1-24(10-6-17-8-12-27-13-9-17)22(26)20-16-28-21(23-20)15-25-11-7-18-4-2-3-5-19(18)14-25/h2-5,16-17H,6-15H2,1H3. The molecule has 6 nitrogen and oxygen atoms in total. The molecule has 0 spiro atoms. The molecule has 4 rings (SSSR count). The van der Waals surface area contributed by atoms with Crippen molar-refractivity contribution in [3.8, 4) is 0 Å². The molecule has 150 valence electrons. The number of carbonyl (C=O) groups excluding carboxylic acids is 1. The molecule has 2 aromatic rings. The molecule has 1 aromatic carbocycles. The van der Waals surface area contributed by atoms with Crippen LogP contribution in [0.2, 0.25) is 0 Å². The molecule has 1 fully saturated rings.